The van der Waals surface area contributed by atoms with E-state index in [2.05, 4.69) is 42.0 Å². The third kappa shape index (κ3) is 1.83. The predicted molar refractivity (Wildman–Crippen MR) is 50.2 cm³/mol. The Morgan fingerprint density at radius 1 is 1.31 bits per heavy atom. The highest BCUT2D eigenvalue weighted by Gasteiger charge is 2.00. The number of halogens is 1. The Labute approximate surface area is 83.8 Å². The second-order valence-corrected chi connectivity index (χ2v) is 3.33. The van der Waals surface area contributed by atoms with E-state index in [-0.39, 0.29) is 12.4 Å². The topological polar surface area (TPSA) is 28.7 Å². The van der Waals surface area contributed by atoms with E-state index in [0.717, 1.165) is 11.0 Å². The fourth-order valence-electron chi connectivity index (χ4n) is 1.31. The average molecular weight is 196 g/mol. The first-order chi connectivity index (χ1) is 5.77. The Bertz CT molecular complexity index is 392. The molecule has 2 rings (SSSR count). The molecule has 2 nitrogen and oxygen atoms in total. The van der Waals surface area contributed by atoms with Gasteiger partial charge in [-0.2, -0.15) is 0 Å². The zero-order valence-electron chi connectivity index (χ0n) is 7.71. The van der Waals surface area contributed by atoms with Gasteiger partial charge in [0.2, 0.25) is 0 Å². The Balaban J connectivity index is 0.000000845. The van der Waals surface area contributed by atoms with E-state index in [1.54, 1.807) is 6.33 Å². The summed E-state index contributed by atoms with van der Waals surface area (Å²) in [5.74, 6) is 0.581. The van der Waals surface area contributed by atoms with E-state index in [1.165, 1.54) is 5.56 Å². The van der Waals surface area contributed by atoms with E-state index in [0.29, 0.717) is 5.92 Å². The zero-order valence-corrected chi connectivity index (χ0v) is 8.47. The van der Waals surface area contributed by atoms with Gasteiger partial charge in [0.25, 0.3) is 0 Å². The van der Waals surface area contributed by atoms with Crippen LogP contribution >= 0.6 is 0 Å². The molecule has 13 heavy (non-hydrogen) atoms. The van der Waals surface area contributed by atoms with Gasteiger partial charge in [0.05, 0.1) is 17.4 Å². The van der Waals surface area contributed by atoms with Crippen molar-refractivity contribution in [1.82, 2.24) is 9.97 Å². The second-order valence-electron chi connectivity index (χ2n) is 3.33. The van der Waals surface area contributed by atoms with Crippen LogP contribution < -0.4 is 12.4 Å². The fraction of sp³-hybridized carbons (Fsp3) is 0.300. The van der Waals surface area contributed by atoms with Crippen LogP contribution in [-0.4, -0.2) is 9.97 Å². The lowest BCUT2D eigenvalue weighted by Gasteiger charge is -2.03. The van der Waals surface area contributed by atoms with Gasteiger partial charge in [-0.3, -0.25) is 0 Å². The largest absolute Gasteiger partial charge is 1.00 e. The maximum Gasteiger partial charge on any atom is 0.0931 e. The van der Waals surface area contributed by atoms with Crippen LogP contribution in [0.1, 0.15) is 25.3 Å². The number of aromatic amines is 1. The Hall–Kier alpha value is -1.02. The first kappa shape index (κ1) is 10.1. The van der Waals surface area contributed by atoms with Crippen molar-refractivity contribution in [3.63, 3.8) is 0 Å². The van der Waals surface area contributed by atoms with Gasteiger partial charge >= 0.3 is 0 Å². The highest BCUT2D eigenvalue weighted by molar-refractivity contribution is 5.75. The molecule has 0 aliphatic heterocycles. The van der Waals surface area contributed by atoms with E-state index in [4.69, 9.17) is 0 Å². The number of hydrogen-bond acceptors (Lipinski definition) is 1. The predicted octanol–water partition coefficient (Wildman–Crippen LogP) is -0.310. The van der Waals surface area contributed by atoms with Crippen molar-refractivity contribution in [2.24, 2.45) is 0 Å². The van der Waals surface area contributed by atoms with Crippen molar-refractivity contribution in [1.29, 1.82) is 0 Å². The van der Waals surface area contributed by atoms with Gasteiger partial charge in [0, 0.05) is 0 Å². The maximum atomic E-state index is 4.16. The molecule has 0 radical (unpaired) electrons. The number of aromatic nitrogens is 2. The Kier molecular flexibility index (Phi) is 2.94. The van der Waals surface area contributed by atoms with Crippen LogP contribution in [0.5, 0.6) is 0 Å². The molecule has 0 fully saturated rings. The van der Waals surface area contributed by atoms with Crippen LogP contribution in [0.4, 0.5) is 0 Å². The molecule has 3 heteroatoms. The molecule has 1 aromatic heterocycles. The molecule has 0 atom stereocenters. The number of rotatable bonds is 1. The monoisotopic (exact) mass is 195 g/mol. The maximum absolute atomic E-state index is 4.16. The summed E-state index contributed by atoms with van der Waals surface area (Å²) < 4.78 is 0. The molecule has 1 aromatic carbocycles. The summed E-state index contributed by atoms with van der Waals surface area (Å²) in [6, 6.07) is 6.35. The molecule has 0 amide bonds. The Morgan fingerprint density at radius 3 is 2.77 bits per heavy atom. The summed E-state index contributed by atoms with van der Waals surface area (Å²) in [5, 5.41) is 0. The molecule has 2 aromatic rings. The molecule has 1 N–H and O–H groups in total. The first-order valence-corrected chi connectivity index (χ1v) is 4.20. The molecule has 0 saturated heterocycles. The van der Waals surface area contributed by atoms with Crippen LogP contribution in [0.15, 0.2) is 24.5 Å². The van der Waals surface area contributed by atoms with Crippen molar-refractivity contribution >= 4 is 11.0 Å². The SMILES string of the molecule is CC(C)c1ccc2nc[nH]c2c1.[Cl-]. The molecule has 0 bridgehead atoms. The van der Waals surface area contributed by atoms with Gasteiger partial charge in [-0.05, 0) is 23.6 Å². The van der Waals surface area contributed by atoms with Crippen LogP contribution in [-0.2, 0) is 0 Å². The smallest absolute Gasteiger partial charge is 0.0931 e. The molecule has 0 unspecified atom stereocenters. The third-order valence-electron chi connectivity index (χ3n) is 2.11. The minimum atomic E-state index is 0. The molecule has 0 aliphatic rings. The number of nitrogens with zero attached hydrogens (tertiary/aromatic N) is 1. The van der Waals surface area contributed by atoms with Crippen molar-refractivity contribution < 1.29 is 12.4 Å². The summed E-state index contributed by atoms with van der Waals surface area (Å²) in [7, 11) is 0. The van der Waals surface area contributed by atoms with Crippen molar-refractivity contribution in [2.45, 2.75) is 19.8 Å². The van der Waals surface area contributed by atoms with Crippen LogP contribution in [0.3, 0.4) is 0 Å². The standard InChI is InChI=1S/C10H12N2.ClH/c1-7(2)8-3-4-9-10(5-8)12-6-11-9;/h3-7H,1-2H3,(H,11,12);1H/p-1. The highest BCUT2D eigenvalue weighted by atomic mass is 35.5. The minimum absolute atomic E-state index is 0. The molecule has 1 heterocycles. The molecular formula is C10H12ClN2-. The molecule has 0 aliphatic carbocycles. The first-order valence-electron chi connectivity index (χ1n) is 4.20. The lowest BCUT2D eigenvalue weighted by atomic mass is 10.0. The normalized spacial score (nSPS) is 10.4. The van der Waals surface area contributed by atoms with Gasteiger partial charge in [0.15, 0.2) is 0 Å². The van der Waals surface area contributed by atoms with Crippen molar-refractivity contribution in [3.8, 4) is 0 Å². The number of hydrogen-bond donors (Lipinski definition) is 1. The quantitative estimate of drug-likeness (QED) is 0.665. The van der Waals surface area contributed by atoms with Gasteiger partial charge in [-0.1, -0.05) is 19.9 Å². The van der Waals surface area contributed by atoms with Crippen LogP contribution in [0, 0.1) is 0 Å². The van der Waals surface area contributed by atoms with E-state index in [1.807, 2.05) is 0 Å². The number of benzene rings is 1. The summed E-state index contributed by atoms with van der Waals surface area (Å²) >= 11 is 0. The van der Waals surface area contributed by atoms with E-state index in [9.17, 15) is 0 Å². The van der Waals surface area contributed by atoms with Crippen molar-refractivity contribution in [2.75, 3.05) is 0 Å². The summed E-state index contributed by atoms with van der Waals surface area (Å²) in [4.78, 5) is 7.27. The number of H-pyrrole nitrogens is 1. The lowest BCUT2D eigenvalue weighted by molar-refractivity contribution is -0.00000269. The summed E-state index contributed by atoms with van der Waals surface area (Å²) in [6.45, 7) is 4.38. The minimum Gasteiger partial charge on any atom is -1.00 e. The van der Waals surface area contributed by atoms with E-state index < -0.39 is 0 Å². The van der Waals surface area contributed by atoms with Gasteiger partial charge < -0.3 is 17.4 Å². The van der Waals surface area contributed by atoms with Gasteiger partial charge in [-0.15, -0.1) is 0 Å². The fourth-order valence-corrected chi connectivity index (χ4v) is 1.31. The van der Waals surface area contributed by atoms with Gasteiger partial charge in [0.1, 0.15) is 0 Å². The Morgan fingerprint density at radius 2 is 2.08 bits per heavy atom. The molecule has 70 valence electrons. The average Bonchev–Trinajstić information content (AvgIpc) is 2.49. The number of nitrogens with one attached hydrogen (secondary N) is 1. The number of imidazole rings is 1. The zero-order chi connectivity index (χ0) is 8.55. The van der Waals surface area contributed by atoms with Gasteiger partial charge in [-0.25, -0.2) is 4.98 Å². The second kappa shape index (κ2) is 3.79. The summed E-state index contributed by atoms with van der Waals surface area (Å²) in [6.07, 6.45) is 1.73. The third-order valence-corrected chi connectivity index (χ3v) is 2.11. The molecular weight excluding hydrogens is 184 g/mol. The summed E-state index contributed by atoms with van der Waals surface area (Å²) in [5.41, 5.74) is 3.52. The van der Waals surface area contributed by atoms with E-state index >= 15 is 0 Å². The molecule has 0 saturated carbocycles. The lowest BCUT2D eigenvalue weighted by Crippen LogP contribution is -3.00. The highest BCUT2D eigenvalue weighted by Crippen LogP contribution is 2.18. The van der Waals surface area contributed by atoms with Crippen LogP contribution in [0.25, 0.3) is 11.0 Å². The van der Waals surface area contributed by atoms with Crippen molar-refractivity contribution in [3.05, 3.63) is 30.1 Å². The molecule has 0 spiro atoms. The number of fused-ring (bicyclic) bond motifs is 1. The van der Waals surface area contributed by atoms with Crippen LogP contribution in [0.2, 0.25) is 0 Å².